The molecule has 0 saturated heterocycles. The lowest BCUT2D eigenvalue weighted by Crippen LogP contribution is -2.42. The molecule has 0 amide bonds. The molecule has 1 unspecified atom stereocenters. The Labute approximate surface area is 102 Å². The Morgan fingerprint density at radius 1 is 1.24 bits per heavy atom. The van der Waals surface area contributed by atoms with Gasteiger partial charge in [0.05, 0.1) is 6.10 Å². The molecule has 1 aliphatic heterocycles. The molecular formula is C14H19NO2. The Kier molecular flexibility index (Phi) is 2.51. The van der Waals surface area contributed by atoms with Gasteiger partial charge >= 0.3 is 0 Å². The highest BCUT2D eigenvalue weighted by Crippen LogP contribution is 2.46. The molecule has 1 spiro atoms. The Morgan fingerprint density at radius 2 is 2.00 bits per heavy atom. The van der Waals surface area contributed by atoms with Gasteiger partial charge in [-0.1, -0.05) is 12.5 Å². The second-order valence-corrected chi connectivity index (χ2v) is 5.36. The molecule has 1 aromatic rings. The molecule has 0 bridgehead atoms. The van der Waals surface area contributed by atoms with E-state index in [9.17, 15) is 5.11 Å². The normalized spacial score (nSPS) is 26.3. The molecule has 3 heteroatoms. The average molecular weight is 233 g/mol. The van der Waals surface area contributed by atoms with Gasteiger partial charge in [-0.25, -0.2) is 0 Å². The molecule has 1 heterocycles. The van der Waals surface area contributed by atoms with Crippen LogP contribution in [0.25, 0.3) is 0 Å². The molecule has 1 aromatic carbocycles. The molecule has 3 N–H and O–H groups in total. The first-order valence-corrected chi connectivity index (χ1v) is 6.45. The van der Waals surface area contributed by atoms with E-state index >= 15 is 0 Å². The fraction of sp³-hybridized carbons (Fsp3) is 0.571. The number of anilines is 1. The van der Waals surface area contributed by atoms with Crippen LogP contribution in [-0.2, 0) is 0 Å². The summed E-state index contributed by atoms with van der Waals surface area (Å²) in [6.45, 7) is 0. The van der Waals surface area contributed by atoms with Crippen molar-refractivity contribution in [2.45, 2.75) is 50.2 Å². The van der Waals surface area contributed by atoms with Gasteiger partial charge in [-0.15, -0.1) is 0 Å². The van der Waals surface area contributed by atoms with Crippen LogP contribution in [0.4, 0.5) is 5.69 Å². The molecule has 1 atom stereocenters. The van der Waals surface area contributed by atoms with E-state index in [1.54, 1.807) is 0 Å². The second kappa shape index (κ2) is 3.91. The van der Waals surface area contributed by atoms with Gasteiger partial charge in [0.25, 0.3) is 0 Å². The van der Waals surface area contributed by atoms with Crippen LogP contribution in [0.15, 0.2) is 18.2 Å². The summed E-state index contributed by atoms with van der Waals surface area (Å²) in [5, 5.41) is 10.2. The van der Waals surface area contributed by atoms with Crippen molar-refractivity contribution < 1.29 is 9.84 Å². The first-order valence-electron chi connectivity index (χ1n) is 6.45. The fourth-order valence-electron chi connectivity index (χ4n) is 3.15. The lowest BCUT2D eigenvalue weighted by atomic mass is 9.78. The van der Waals surface area contributed by atoms with E-state index < -0.39 is 6.10 Å². The maximum Gasteiger partial charge on any atom is 0.128 e. The minimum Gasteiger partial charge on any atom is -0.487 e. The quantitative estimate of drug-likeness (QED) is 0.677. The zero-order valence-electron chi connectivity index (χ0n) is 9.98. The highest BCUT2D eigenvalue weighted by atomic mass is 16.5. The topological polar surface area (TPSA) is 55.5 Å². The Morgan fingerprint density at radius 3 is 2.76 bits per heavy atom. The first-order chi connectivity index (χ1) is 8.19. The minimum absolute atomic E-state index is 0.140. The number of hydrogen-bond acceptors (Lipinski definition) is 3. The van der Waals surface area contributed by atoms with E-state index in [0.717, 1.165) is 30.6 Å². The summed E-state index contributed by atoms with van der Waals surface area (Å²) in [4.78, 5) is 0. The van der Waals surface area contributed by atoms with Crippen molar-refractivity contribution in [1.82, 2.24) is 0 Å². The van der Waals surface area contributed by atoms with Gasteiger partial charge in [0.2, 0.25) is 0 Å². The minimum atomic E-state index is -0.405. The standard InChI is InChI=1S/C14H19NO2/c15-10-4-5-11-12(16)9-14(17-13(11)8-10)6-2-1-3-7-14/h4-5,8,12,16H,1-3,6-7,9,15H2. The summed E-state index contributed by atoms with van der Waals surface area (Å²) >= 11 is 0. The van der Waals surface area contributed by atoms with Crippen LogP contribution >= 0.6 is 0 Å². The molecule has 1 fully saturated rings. The summed E-state index contributed by atoms with van der Waals surface area (Å²) in [5.74, 6) is 0.783. The highest BCUT2D eigenvalue weighted by molar-refractivity contribution is 5.50. The third-order valence-electron chi connectivity index (χ3n) is 4.05. The summed E-state index contributed by atoms with van der Waals surface area (Å²) in [7, 11) is 0. The van der Waals surface area contributed by atoms with Gasteiger partial charge < -0.3 is 15.6 Å². The van der Waals surface area contributed by atoms with Crippen molar-refractivity contribution in [3.63, 3.8) is 0 Å². The molecule has 3 nitrogen and oxygen atoms in total. The first kappa shape index (κ1) is 10.9. The number of fused-ring (bicyclic) bond motifs is 1. The van der Waals surface area contributed by atoms with Crippen molar-refractivity contribution in [3.8, 4) is 5.75 Å². The third kappa shape index (κ3) is 1.89. The van der Waals surface area contributed by atoms with Crippen LogP contribution in [0, 0.1) is 0 Å². The number of benzene rings is 1. The average Bonchev–Trinajstić information content (AvgIpc) is 2.29. The number of nitrogens with two attached hydrogens (primary N) is 1. The summed E-state index contributed by atoms with van der Waals surface area (Å²) in [6, 6.07) is 5.55. The number of rotatable bonds is 0. The lowest BCUT2D eigenvalue weighted by molar-refractivity contribution is -0.0380. The van der Waals surface area contributed by atoms with Gasteiger partial charge in [0.15, 0.2) is 0 Å². The summed E-state index contributed by atoms with van der Waals surface area (Å²) in [5.41, 5.74) is 7.23. The maximum absolute atomic E-state index is 10.2. The number of nitrogen functional groups attached to an aromatic ring is 1. The Bertz CT molecular complexity index is 424. The molecular weight excluding hydrogens is 214 g/mol. The Balaban J connectivity index is 1.95. The van der Waals surface area contributed by atoms with Crippen LogP contribution in [0.2, 0.25) is 0 Å². The Hall–Kier alpha value is -1.22. The molecule has 1 saturated carbocycles. The highest BCUT2D eigenvalue weighted by Gasteiger charge is 2.41. The van der Waals surface area contributed by atoms with Gasteiger partial charge in [0, 0.05) is 23.7 Å². The smallest absolute Gasteiger partial charge is 0.128 e. The van der Waals surface area contributed by atoms with Crippen LogP contribution < -0.4 is 10.5 Å². The van der Waals surface area contributed by atoms with Crippen molar-refractivity contribution >= 4 is 5.69 Å². The van der Waals surface area contributed by atoms with Crippen LogP contribution in [0.5, 0.6) is 5.75 Å². The van der Waals surface area contributed by atoms with E-state index in [1.807, 2.05) is 18.2 Å². The number of aliphatic hydroxyl groups excluding tert-OH is 1. The van der Waals surface area contributed by atoms with Gasteiger partial charge in [0.1, 0.15) is 11.4 Å². The van der Waals surface area contributed by atoms with Crippen molar-refractivity contribution in [1.29, 1.82) is 0 Å². The molecule has 1 aliphatic carbocycles. The van der Waals surface area contributed by atoms with Gasteiger partial charge in [-0.3, -0.25) is 0 Å². The number of ether oxygens (including phenoxy) is 1. The molecule has 2 aliphatic rings. The molecule has 3 rings (SSSR count). The van der Waals surface area contributed by atoms with Crippen LogP contribution in [0.3, 0.4) is 0 Å². The van der Waals surface area contributed by atoms with Crippen molar-refractivity contribution in [3.05, 3.63) is 23.8 Å². The van der Waals surface area contributed by atoms with Crippen LogP contribution in [0.1, 0.15) is 50.2 Å². The second-order valence-electron chi connectivity index (χ2n) is 5.36. The summed E-state index contributed by atoms with van der Waals surface area (Å²) in [6.07, 6.45) is 6.11. The van der Waals surface area contributed by atoms with Crippen LogP contribution in [-0.4, -0.2) is 10.7 Å². The van der Waals surface area contributed by atoms with E-state index in [-0.39, 0.29) is 5.60 Å². The van der Waals surface area contributed by atoms with E-state index in [1.165, 1.54) is 19.3 Å². The zero-order chi connectivity index (χ0) is 11.9. The SMILES string of the molecule is Nc1ccc2c(c1)OC1(CCCCC1)CC2O. The monoisotopic (exact) mass is 233 g/mol. The third-order valence-corrected chi connectivity index (χ3v) is 4.05. The van der Waals surface area contributed by atoms with E-state index in [2.05, 4.69) is 0 Å². The van der Waals surface area contributed by atoms with E-state index in [0.29, 0.717) is 5.69 Å². The molecule has 0 aromatic heterocycles. The predicted molar refractivity (Wildman–Crippen MR) is 66.9 cm³/mol. The van der Waals surface area contributed by atoms with Crippen molar-refractivity contribution in [2.75, 3.05) is 5.73 Å². The molecule has 17 heavy (non-hydrogen) atoms. The zero-order valence-corrected chi connectivity index (χ0v) is 9.98. The number of aliphatic hydroxyl groups is 1. The maximum atomic E-state index is 10.2. The number of hydrogen-bond donors (Lipinski definition) is 2. The molecule has 92 valence electrons. The van der Waals surface area contributed by atoms with Gasteiger partial charge in [-0.05, 0) is 31.7 Å². The largest absolute Gasteiger partial charge is 0.487 e. The lowest BCUT2D eigenvalue weighted by Gasteiger charge is -2.43. The fourth-order valence-corrected chi connectivity index (χ4v) is 3.15. The predicted octanol–water partition coefficient (Wildman–Crippen LogP) is 2.79. The van der Waals surface area contributed by atoms with E-state index in [4.69, 9.17) is 10.5 Å². The molecule has 0 radical (unpaired) electrons. The van der Waals surface area contributed by atoms with Gasteiger partial charge in [-0.2, -0.15) is 0 Å². The van der Waals surface area contributed by atoms with Crippen molar-refractivity contribution in [2.24, 2.45) is 0 Å². The summed E-state index contributed by atoms with van der Waals surface area (Å²) < 4.78 is 6.17.